The molecule has 0 N–H and O–H groups in total. The van der Waals surface area contributed by atoms with Gasteiger partial charge in [-0.05, 0) is 65.4 Å². The molecule has 0 saturated carbocycles. The summed E-state index contributed by atoms with van der Waals surface area (Å²) in [4.78, 5) is 43.2. The first-order valence-electron chi connectivity index (χ1n) is 11.8. The number of amides is 3. The number of para-hydroxylation sites is 1. The van der Waals surface area contributed by atoms with Gasteiger partial charge < -0.3 is 9.80 Å². The maximum Gasteiger partial charge on any atom is 0.293 e. The van der Waals surface area contributed by atoms with Crippen LogP contribution in [0.1, 0.15) is 21.5 Å². The number of carbonyl (C=O) groups excluding carboxylic acids is 3. The molecular weight excluding hydrogens is 496 g/mol. The number of imide groups is 1. The van der Waals surface area contributed by atoms with Crippen LogP contribution in [0.15, 0.2) is 77.7 Å². The molecule has 0 spiro atoms. The molecule has 2 heterocycles. The Morgan fingerprint density at radius 3 is 2.32 bits per heavy atom. The first-order chi connectivity index (χ1) is 17.9. The Bertz CT molecular complexity index is 1390. The van der Waals surface area contributed by atoms with Crippen LogP contribution in [-0.2, 0) is 11.3 Å². The van der Waals surface area contributed by atoms with Crippen LogP contribution in [0.25, 0.3) is 6.08 Å². The normalized spacial score (nSPS) is 17.1. The van der Waals surface area contributed by atoms with Crippen molar-refractivity contribution in [1.29, 1.82) is 0 Å². The second-order valence-corrected chi connectivity index (χ2v) is 9.74. The molecule has 3 aromatic rings. The minimum Gasteiger partial charge on any atom is -0.366 e. The molecule has 0 bridgehead atoms. The number of hydrogen-bond donors (Lipinski definition) is 0. The van der Waals surface area contributed by atoms with Crippen LogP contribution < -0.4 is 4.90 Å². The van der Waals surface area contributed by atoms with Crippen molar-refractivity contribution in [2.45, 2.75) is 6.54 Å². The zero-order valence-corrected chi connectivity index (χ0v) is 20.6. The van der Waals surface area contributed by atoms with Gasteiger partial charge in [-0.2, -0.15) is 0 Å². The number of rotatable bonds is 5. The first kappa shape index (κ1) is 24.7. The molecule has 37 heavy (non-hydrogen) atoms. The summed E-state index contributed by atoms with van der Waals surface area (Å²) in [6.07, 6.45) is 1.61. The predicted molar refractivity (Wildman–Crippen MR) is 139 cm³/mol. The number of piperazine rings is 1. The van der Waals surface area contributed by atoms with E-state index in [-0.39, 0.29) is 23.2 Å². The lowest BCUT2D eigenvalue weighted by Crippen LogP contribution is -2.49. The molecule has 5 rings (SSSR count). The Morgan fingerprint density at radius 1 is 0.892 bits per heavy atom. The molecule has 3 amide bonds. The number of benzene rings is 3. The third-order valence-corrected chi connectivity index (χ3v) is 7.23. The number of thioether (sulfide) groups is 1. The second-order valence-electron chi connectivity index (χ2n) is 8.75. The fraction of sp³-hybridized carbons (Fsp3) is 0.179. The van der Waals surface area contributed by atoms with Gasteiger partial charge in [0.1, 0.15) is 11.6 Å². The molecule has 2 aliphatic rings. The zero-order valence-electron chi connectivity index (χ0n) is 19.8. The van der Waals surface area contributed by atoms with Gasteiger partial charge in [0.2, 0.25) is 0 Å². The zero-order chi connectivity index (χ0) is 25.9. The monoisotopic (exact) mass is 519 g/mol. The molecule has 0 aromatic heterocycles. The van der Waals surface area contributed by atoms with Gasteiger partial charge in [-0.1, -0.05) is 36.4 Å². The Labute approximate surface area is 217 Å². The van der Waals surface area contributed by atoms with Crippen molar-refractivity contribution < 1.29 is 23.2 Å². The number of hydrogen-bond acceptors (Lipinski definition) is 5. The minimum absolute atomic E-state index is 0.00260. The summed E-state index contributed by atoms with van der Waals surface area (Å²) in [5, 5.41) is -0.415. The maximum atomic E-state index is 14.1. The summed E-state index contributed by atoms with van der Waals surface area (Å²) < 4.78 is 27.5. The van der Waals surface area contributed by atoms with E-state index in [0.29, 0.717) is 48.6 Å². The highest BCUT2D eigenvalue weighted by molar-refractivity contribution is 8.18. The molecule has 188 valence electrons. The van der Waals surface area contributed by atoms with Gasteiger partial charge in [0.05, 0.1) is 17.1 Å². The molecule has 2 aliphatic heterocycles. The van der Waals surface area contributed by atoms with Crippen LogP contribution in [0.5, 0.6) is 0 Å². The van der Waals surface area contributed by atoms with Crippen LogP contribution in [-0.4, -0.2) is 53.0 Å². The number of halogens is 2. The minimum atomic E-state index is -0.438. The number of nitrogens with zero attached hydrogens (tertiary/aromatic N) is 3. The van der Waals surface area contributed by atoms with Crippen LogP contribution in [0.3, 0.4) is 0 Å². The van der Waals surface area contributed by atoms with Gasteiger partial charge in [0, 0.05) is 31.7 Å². The summed E-state index contributed by atoms with van der Waals surface area (Å²) in [5.41, 5.74) is 2.26. The summed E-state index contributed by atoms with van der Waals surface area (Å²) in [5.74, 6) is -1.26. The summed E-state index contributed by atoms with van der Waals surface area (Å²) in [7, 11) is 0. The molecule has 0 radical (unpaired) electrons. The first-order valence-corrected chi connectivity index (χ1v) is 12.6. The summed E-state index contributed by atoms with van der Waals surface area (Å²) in [6.45, 7) is 2.03. The highest BCUT2D eigenvalue weighted by Gasteiger charge is 2.35. The van der Waals surface area contributed by atoms with Gasteiger partial charge in [-0.3, -0.25) is 19.3 Å². The van der Waals surface area contributed by atoms with Crippen LogP contribution in [0.2, 0.25) is 0 Å². The van der Waals surface area contributed by atoms with Crippen molar-refractivity contribution >= 4 is 40.6 Å². The lowest BCUT2D eigenvalue weighted by molar-refractivity contribution is -0.123. The van der Waals surface area contributed by atoms with Crippen molar-refractivity contribution in [2.75, 3.05) is 31.1 Å². The molecule has 2 saturated heterocycles. The van der Waals surface area contributed by atoms with Gasteiger partial charge in [-0.15, -0.1) is 0 Å². The maximum absolute atomic E-state index is 14.1. The van der Waals surface area contributed by atoms with Crippen molar-refractivity contribution in [3.05, 3.63) is 106 Å². The van der Waals surface area contributed by atoms with Crippen LogP contribution in [0, 0.1) is 11.6 Å². The lowest BCUT2D eigenvalue weighted by Gasteiger charge is -2.36. The highest BCUT2D eigenvalue weighted by atomic mass is 32.2. The van der Waals surface area contributed by atoms with E-state index in [0.717, 1.165) is 16.7 Å². The van der Waals surface area contributed by atoms with Gasteiger partial charge in [-0.25, -0.2) is 8.78 Å². The van der Waals surface area contributed by atoms with Gasteiger partial charge in [0.25, 0.3) is 17.1 Å². The smallest absolute Gasteiger partial charge is 0.293 e. The van der Waals surface area contributed by atoms with Crippen LogP contribution in [0.4, 0.5) is 19.3 Å². The van der Waals surface area contributed by atoms with E-state index in [1.54, 1.807) is 59.5 Å². The standard InChI is InChI=1S/C28H23F2N3O3S/c29-22-5-3-4-20(16-22)18-33-27(35)25(37-28(33)36)17-19-8-10-21(11-9-19)26(34)32-14-12-31(13-15-32)24-7-2-1-6-23(24)30/h1-11,16-17H,12-15,18H2. The average molecular weight is 520 g/mol. The molecule has 6 nitrogen and oxygen atoms in total. The Balaban J connectivity index is 1.21. The summed E-state index contributed by atoms with van der Waals surface area (Å²) >= 11 is 0.831. The van der Waals surface area contributed by atoms with E-state index in [1.165, 1.54) is 24.3 Å². The lowest BCUT2D eigenvalue weighted by atomic mass is 10.1. The van der Waals surface area contributed by atoms with E-state index in [9.17, 15) is 23.2 Å². The van der Waals surface area contributed by atoms with Crippen molar-refractivity contribution in [2.24, 2.45) is 0 Å². The van der Waals surface area contributed by atoms with Crippen molar-refractivity contribution in [3.63, 3.8) is 0 Å². The molecule has 0 aliphatic carbocycles. The third kappa shape index (κ3) is 5.41. The van der Waals surface area contributed by atoms with Crippen molar-refractivity contribution in [1.82, 2.24) is 9.80 Å². The molecule has 9 heteroatoms. The van der Waals surface area contributed by atoms with E-state index < -0.39 is 17.0 Å². The van der Waals surface area contributed by atoms with Crippen molar-refractivity contribution in [3.8, 4) is 0 Å². The Kier molecular flexibility index (Phi) is 7.05. The van der Waals surface area contributed by atoms with Gasteiger partial charge in [0.15, 0.2) is 0 Å². The molecular formula is C28H23F2N3O3S. The molecule has 0 unspecified atom stereocenters. The van der Waals surface area contributed by atoms with E-state index in [2.05, 4.69) is 0 Å². The highest BCUT2D eigenvalue weighted by Crippen LogP contribution is 2.33. The van der Waals surface area contributed by atoms with E-state index >= 15 is 0 Å². The molecule has 0 atom stereocenters. The fourth-order valence-corrected chi connectivity index (χ4v) is 5.21. The fourth-order valence-electron chi connectivity index (χ4n) is 4.37. The number of carbonyl (C=O) groups is 3. The Morgan fingerprint density at radius 2 is 1.62 bits per heavy atom. The summed E-state index contributed by atoms with van der Waals surface area (Å²) in [6, 6.07) is 19.2. The third-order valence-electron chi connectivity index (χ3n) is 6.32. The van der Waals surface area contributed by atoms with Crippen LogP contribution >= 0.6 is 11.8 Å². The largest absolute Gasteiger partial charge is 0.366 e. The van der Waals surface area contributed by atoms with E-state index in [1.807, 2.05) is 4.90 Å². The predicted octanol–water partition coefficient (Wildman–Crippen LogP) is 5.16. The SMILES string of the molecule is O=C(c1ccc(C=C2SC(=O)N(Cc3cccc(F)c3)C2=O)cc1)N1CCN(c2ccccc2F)CC1. The molecule has 2 fully saturated rings. The van der Waals surface area contributed by atoms with Gasteiger partial charge >= 0.3 is 0 Å². The molecule has 3 aromatic carbocycles. The average Bonchev–Trinajstić information content (AvgIpc) is 3.16. The second kappa shape index (κ2) is 10.6. The topological polar surface area (TPSA) is 60.9 Å². The number of anilines is 1. The Hall–Kier alpha value is -3.98. The van der Waals surface area contributed by atoms with E-state index in [4.69, 9.17) is 0 Å². The quantitative estimate of drug-likeness (QED) is 0.436.